The minimum atomic E-state index is -1.23. The number of nitrogens with zero attached hydrogens (tertiary/aromatic N) is 3. The van der Waals surface area contributed by atoms with Crippen molar-refractivity contribution in [2.45, 2.75) is 6.54 Å². The summed E-state index contributed by atoms with van der Waals surface area (Å²) in [4.78, 5) is 44.3. The largest absolute Gasteiger partial charge is 0.478 e. The quantitative estimate of drug-likeness (QED) is 0.349. The number of aromatic carboxylic acids is 1. The summed E-state index contributed by atoms with van der Waals surface area (Å²) in [6, 6.07) is 3.27. The van der Waals surface area contributed by atoms with Gasteiger partial charge in [0, 0.05) is 23.3 Å². The molecular weight excluding hydrogens is 334 g/mol. The van der Waals surface area contributed by atoms with Crippen LogP contribution in [0.25, 0.3) is 21.6 Å². The fraction of sp³-hybridized carbons (Fsp3) is 0.0714. The van der Waals surface area contributed by atoms with Crippen molar-refractivity contribution in [1.82, 2.24) is 20.0 Å². The van der Waals surface area contributed by atoms with E-state index < -0.39 is 17.4 Å². The van der Waals surface area contributed by atoms with E-state index in [-0.39, 0.29) is 28.1 Å². The minimum absolute atomic E-state index is 0.0323. The van der Waals surface area contributed by atoms with E-state index in [2.05, 4.69) is 9.97 Å². The van der Waals surface area contributed by atoms with Gasteiger partial charge in [-0.3, -0.25) is 24.6 Å². The molecule has 10 heteroatoms. The first kappa shape index (κ1) is 15.8. The molecule has 3 heterocycles. The standard InChI is InChI=1S/C14H11N5O4S/c15-18-9(20)5-19-11(7-1-3-16-4-2-7)17-12-10(13(19)21)8(6-24-12)14(22)23/h1-4,6H,5,15H2,(H,18,20)(H,22,23). The average molecular weight is 345 g/mol. The van der Waals surface area contributed by atoms with Crippen molar-refractivity contribution in [3.63, 3.8) is 0 Å². The van der Waals surface area contributed by atoms with Crippen molar-refractivity contribution in [3.05, 3.63) is 45.8 Å². The zero-order valence-corrected chi connectivity index (χ0v) is 12.9. The first-order valence-corrected chi connectivity index (χ1v) is 7.56. The molecule has 0 radical (unpaired) electrons. The number of amides is 1. The van der Waals surface area contributed by atoms with Gasteiger partial charge in [-0.25, -0.2) is 15.6 Å². The molecule has 0 aliphatic carbocycles. The second-order valence-electron chi connectivity index (χ2n) is 4.76. The molecule has 0 saturated carbocycles. The van der Waals surface area contributed by atoms with E-state index in [1.54, 1.807) is 12.1 Å². The highest BCUT2D eigenvalue weighted by molar-refractivity contribution is 7.17. The lowest BCUT2D eigenvalue weighted by Gasteiger charge is -2.11. The van der Waals surface area contributed by atoms with Crippen LogP contribution in [0.4, 0.5) is 0 Å². The number of hydrogen-bond donors (Lipinski definition) is 3. The third-order valence-corrected chi connectivity index (χ3v) is 4.20. The molecule has 24 heavy (non-hydrogen) atoms. The molecular formula is C14H11N5O4S. The number of rotatable bonds is 4. The summed E-state index contributed by atoms with van der Waals surface area (Å²) >= 11 is 1.05. The number of carbonyl (C=O) groups excluding carboxylic acids is 1. The summed E-state index contributed by atoms with van der Waals surface area (Å²) in [7, 11) is 0. The summed E-state index contributed by atoms with van der Waals surface area (Å²) in [5.41, 5.74) is 1.76. The first-order chi connectivity index (χ1) is 11.5. The molecule has 0 spiro atoms. The van der Waals surface area contributed by atoms with Crippen LogP contribution in [0.2, 0.25) is 0 Å². The third-order valence-electron chi connectivity index (χ3n) is 3.33. The topological polar surface area (TPSA) is 140 Å². The van der Waals surface area contributed by atoms with Crippen LogP contribution in [0.15, 0.2) is 34.7 Å². The molecule has 9 nitrogen and oxygen atoms in total. The maximum Gasteiger partial charge on any atom is 0.337 e. The molecule has 1 amide bonds. The lowest BCUT2D eigenvalue weighted by Crippen LogP contribution is -2.37. The van der Waals surface area contributed by atoms with Gasteiger partial charge in [-0.1, -0.05) is 0 Å². The third kappa shape index (κ3) is 2.64. The molecule has 3 aromatic heterocycles. The SMILES string of the molecule is NNC(=O)Cn1c(-c2ccncc2)nc2scc(C(=O)O)c2c1=O. The van der Waals surface area contributed by atoms with Crippen molar-refractivity contribution < 1.29 is 14.7 Å². The number of carboxylic acids is 1. The smallest absolute Gasteiger partial charge is 0.337 e. The molecule has 0 bridgehead atoms. The number of aromatic nitrogens is 3. The maximum absolute atomic E-state index is 12.8. The number of fused-ring (bicyclic) bond motifs is 1. The summed E-state index contributed by atoms with van der Waals surface area (Å²) in [5, 5.41) is 10.5. The predicted octanol–water partition coefficient (Wildman–Crippen LogP) is 0.208. The molecule has 0 atom stereocenters. The van der Waals surface area contributed by atoms with E-state index in [0.29, 0.717) is 5.56 Å². The fourth-order valence-electron chi connectivity index (χ4n) is 2.24. The van der Waals surface area contributed by atoms with Gasteiger partial charge in [-0.2, -0.15) is 0 Å². The normalized spacial score (nSPS) is 10.7. The Kier molecular flexibility index (Phi) is 4.06. The zero-order valence-electron chi connectivity index (χ0n) is 12.1. The second kappa shape index (κ2) is 6.18. The second-order valence-corrected chi connectivity index (χ2v) is 5.62. The van der Waals surface area contributed by atoms with Gasteiger partial charge < -0.3 is 5.11 Å². The molecule has 0 aromatic carbocycles. The Balaban J connectivity index is 2.34. The van der Waals surface area contributed by atoms with E-state index in [0.717, 1.165) is 15.9 Å². The van der Waals surface area contributed by atoms with Crippen molar-refractivity contribution in [2.75, 3.05) is 0 Å². The highest BCUT2D eigenvalue weighted by Crippen LogP contribution is 2.25. The molecule has 0 aliphatic heterocycles. The van der Waals surface area contributed by atoms with Gasteiger partial charge in [0.15, 0.2) is 0 Å². The first-order valence-electron chi connectivity index (χ1n) is 6.68. The number of thiophene rings is 1. The van der Waals surface area contributed by atoms with Gasteiger partial charge in [-0.15, -0.1) is 11.3 Å². The Hall–Kier alpha value is -3.11. The highest BCUT2D eigenvalue weighted by atomic mass is 32.1. The number of nitrogens with two attached hydrogens (primary N) is 1. The lowest BCUT2D eigenvalue weighted by atomic mass is 10.2. The van der Waals surface area contributed by atoms with Crippen LogP contribution < -0.4 is 16.8 Å². The van der Waals surface area contributed by atoms with Crippen LogP contribution in [0, 0.1) is 0 Å². The van der Waals surface area contributed by atoms with Crippen LogP contribution in [0.1, 0.15) is 10.4 Å². The van der Waals surface area contributed by atoms with E-state index in [1.807, 2.05) is 5.43 Å². The monoisotopic (exact) mass is 345 g/mol. The Labute approximate surface area is 138 Å². The predicted molar refractivity (Wildman–Crippen MR) is 86.4 cm³/mol. The van der Waals surface area contributed by atoms with Crippen molar-refractivity contribution in [1.29, 1.82) is 0 Å². The van der Waals surface area contributed by atoms with Crippen molar-refractivity contribution in [3.8, 4) is 11.4 Å². The summed E-state index contributed by atoms with van der Waals surface area (Å²) < 4.78 is 1.10. The van der Waals surface area contributed by atoms with E-state index in [4.69, 9.17) is 5.84 Å². The number of hydrazine groups is 1. The van der Waals surface area contributed by atoms with Gasteiger partial charge in [-0.05, 0) is 12.1 Å². The van der Waals surface area contributed by atoms with Crippen LogP contribution in [-0.2, 0) is 11.3 Å². The Bertz CT molecular complexity index is 996. The number of hydrogen-bond acceptors (Lipinski definition) is 7. The fourth-order valence-corrected chi connectivity index (χ4v) is 3.14. The summed E-state index contributed by atoms with van der Waals surface area (Å²) in [5.74, 6) is 3.49. The Morgan fingerprint density at radius 1 is 1.33 bits per heavy atom. The van der Waals surface area contributed by atoms with Gasteiger partial charge in [0.05, 0.1) is 10.9 Å². The summed E-state index contributed by atoms with van der Waals surface area (Å²) in [6.45, 7) is -0.384. The molecule has 0 unspecified atom stereocenters. The molecule has 3 rings (SSSR count). The Morgan fingerprint density at radius 2 is 2.04 bits per heavy atom. The number of carboxylic acid groups (broad SMARTS) is 1. The average Bonchev–Trinajstić information content (AvgIpc) is 3.02. The Morgan fingerprint density at radius 3 is 2.67 bits per heavy atom. The minimum Gasteiger partial charge on any atom is -0.478 e. The van der Waals surface area contributed by atoms with Crippen LogP contribution in [-0.4, -0.2) is 31.5 Å². The molecule has 0 aliphatic rings. The van der Waals surface area contributed by atoms with Crippen molar-refractivity contribution in [2.24, 2.45) is 5.84 Å². The molecule has 3 aromatic rings. The van der Waals surface area contributed by atoms with Gasteiger partial charge in [0.25, 0.3) is 11.5 Å². The van der Waals surface area contributed by atoms with E-state index >= 15 is 0 Å². The van der Waals surface area contributed by atoms with Crippen LogP contribution in [0.5, 0.6) is 0 Å². The number of pyridine rings is 1. The van der Waals surface area contributed by atoms with E-state index in [9.17, 15) is 19.5 Å². The van der Waals surface area contributed by atoms with Gasteiger partial charge in [0.1, 0.15) is 17.2 Å². The molecule has 4 N–H and O–H groups in total. The molecule has 0 saturated heterocycles. The summed E-state index contributed by atoms with van der Waals surface area (Å²) in [6.07, 6.45) is 3.05. The number of nitrogens with one attached hydrogen (secondary N) is 1. The molecule has 122 valence electrons. The zero-order chi connectivity index (χ0) is 17.3. The molecule has 0 fully saturated rings. The lowest BCUT2D eigenvalue weighted by molar-refractivity contribution is -0.121. The van der Waals surface area contributed by atoms with Crippen LogP contribution >= 0.6 is 11.3 Å². The van der Waals surface area contributed by atoms with Crippen molar-refractivity contribution >= 4 is 33.4 Å². The van der Waals surface area contributed by atoms with Crippen LogP contribution in [0.3, 0.4) is 0 Å². The van der Waals surface area contributed by atoms with Gasteiger partial charge in [0.2, 0.25) is 0 Å². The highest BCUT2D eigenvalue weighted by Gasteiger charge is 2.21. The number of carbonyl (C=O) groups is 2. The maximum atomic E-state index is 12.8. The van der Waals surface area contributed by atoms with E-state index in [1.165, 1.54) is 17.8 Å². The van der Waals surface area contributed by atoms with Gasteiger partial charge >= 0.3 is 5.97 Å².